The number of carbonyl (C=O) groups excluding carboxylic acids is 1. The van der Waals surface area contributed by atoms with E-state index < -0.39 is 0 Å². The van der Waals surface area contributed by atoms with Gasteiger partial charge in [-0.1, -0.05) is 13.8 Å². The van der Waals surface area contributed by atoms with E-state index in [0.717, 1.165) is 37.8 Å². The van der Waals surface area contributed by atoms with Crippen LogP contribution in [0.3, 0.4) is 0 Å². The van der Waals surface area contributed by atoms with Crippen molar-refractivity contribution in [3.05, 3.63) is 0 Å². The van der Waals surface area contributed by atoms with E-state index in [-0.39, 0.29) is 18.1 Å². The number of carbonyl (C=O) groups is 1. The molecule has 5 unspecified atom stereocenters. The van der Waals surface area contributed by atoms with Crippen LogP contribution >= 0.6 is 0 Å². The number of ether oxygens (including phenoxy) is 1. The number of likely N-dealkylation sites (tertiary alicyclic amines) is 1. The molecule has 19 heavy (non-hydrogen) atoms. The Balaban J connectivity index is 1.86. The summed E-state index contributed by atoms with van der Waals surface area (Å²) in [6, 6.07) is 0.599. The zero-order valence-electron chi connectivity index (χ0n) is 12.3. The van der Waals surface area contributed by atoms with Crippen molar-refractivity contribution in [3.8, 4) is 0 Å². The largest absolute Gasteiger partial charge is 0.364 e. The second-order valence-electron chi connectivity index (χ2n) is 6.35. The van der Waals surface area contributed by atoms with E-state index in [4.69, 9.17) is 10.6 Å². The maximum Gasteiger partial charge on any atom is 0.263 e. The monoisotopic (exact) mass is 269 g/mol. The van der Waals surface area contributed by atoms with E-state index in [1.165, 1.54) is 6.42 Å². The standard InChI is InChI=1S/C14H27N3O2/c1-9-6-10(2)11(3)17(7-9)8-12-4-5-13(19-12)14(18)16-15/h9-13H,4-8,15H2,1-3H3,(H,16,18). The predicted octanol–water partition coefficient (Wildman–Crippen LogP) is 0.890. The number of hydrogen-bond donors (Lipinski definition) is 2. The molecule has 0 radical (unpaired) electrons. The third kappa shape index (κ3) is 3.46. The molecule has 0 spiro atoms. The highest BCUT2D eigenvalue weighted by molar-refractivity contribution is 5.80. The Bertz CT molecular complexity index is 324. The fourth-order valence-electron chi connectivity index (χ4n) is 3.46. The molecular weight excluding hydrogens is 242 g/mol. The summed E-state index contributed by atoms with van der Waals surface area (Å²) >= 11 is 0. The lowest BCUT2D eigenvalue weighted by atomic mass is 9.86. The van der Waals surface area contributed by atoms with Gasteiger partial charge in [-0.2, -0.15) is 0 Å². The van der Waals surface area contributed by atoms with Gasteiger partial charge in [-0.05, 0) is 38.0 Å². The number of rotatable bonds is 3. The molecule has 5 heteroatoms. The molecule has 2 heterocycles. The van der Waals surface area contributed by atoms with E-state index >= 15 is 0 Å². The average Bonchev–Trinajstić information content (AvgIpc) is 2.83. The highest BCUT2D eigenvalue weighted by atomic mass is 16.5. The molecule has 2 aliphatic rings. The van der Waals surface area contributed by atoms with Gasteiger partial charge in [0, 0.05) is 19.1 Å². The van der Waals surface area contributed by atoms with Gasteiger partial charge in [0.2, 0.25) is 0 Å². The van der Waals surface area contributed by atoms with Crippen LogP contribution < -0.4 is 11.3 Å². The van der Waals surface area contributed by atoms with Crippen LogP contribution in [0.25, 0.3) is 0 Å². The highest BCUT2D eigenvalue weighted by Gasteiger charge is 2.35. The molecule has 1 amide bonds. The number of hydrazine groups is 1. The number of nitrogens with zero attached hydrogens (tertiary/aromatic N) is 1. The lowest BCUT2D eigenvalue weighted by molar-refractivity contribution is -0.132. The lowest BCUT2D eigenvalue weighted by Gasteiger charge is -2.42. The predicted molar refractivity (Wildman–Crippen MR) is 74.2 cm³/mol. The van der Waals surface area contributed by atoms with Crippen LogP contribution in [0.15, 0.2) is 0 Å². The lowest BCUT2D eigenvalue weighted by Crippen LogP contribution is -2.48. The molecule has 3 N–H and O–H groups in total. The molecule has 5 nitrogen and oxygen atoms in total. The van der Waals surface area contributed by atoms with E-state index in [2.05, 4.69) is 31.1 Å². The summed E-state index contributed by atoms with van der Waals surface area (Å²) in [5, 5.41) is 0. The van der Waals surface area contributed by atoms with Gasteiger partial charge < -0.3 is 4.74 Å². The third-order valence-electron chi connectivity index (χ3n) is 4.70. The average molecular weight is 269 g/mol. The van der Waals surface area contributed by atoms with Crippen molar-refractivity contribution in [1.82, 2.24) is 10.3 Å². The smallest absolute Gasteiger partial charge is 0.263 e. The molecule has 2 fully saturated rings. The van der Waals surface area contributed by atoms with Crippen LogP contribution in [0, 0.1) is 11.8 Å². The maximum absolute atomic E-state index is 11.4. The SMILES string of the molecule is CC1CC(C)C(C)N(CC2CCC(C(=O)NN)O2)C1. The molecule has 110 valence electrons. The molecule has 2 rings (SSSR count). The number of nitrogens with one attached hydrogen (secondary N) is 1. The minimum Gasteiger partial charge on any atom is -0.364 e. The van der Waals surface area contributed by atoms with E-state index in [9.17, 15) is 4.79 Å². The van der Waals surface area contributed by atoms with Gasteiger partial charge in [-0.3, -0.25) is 15.1 Å². The van der Waals surface area contributed by atoms with E-state index in [1.807, 2.05) is 0 Å². The summed E-state index contributed by atoms with van der Waals surface area (Å²) in [5.41, 5.74) is 2.18. The van der Waals surface area contributed by atoms with Gasteiger partial charge in [0.05, 0.1) is 6.10 Å². The number of amides is 1. The molecule has 0 aromatic carbocycles. The summed E-state index contributed by atoms with van der Waals surface area (Å²) in [6.07, 6.45) is 2.85. The molecule has 0 aromatic heterocycles. The summed E-state index contributed by atoms with van der Waals surface area (Å²) in [6.45, 7) is 9.02. The Labute approximate surface area is 115 Å². The van der Waals surface area contributed by atoms with Gasteiger partial charge in [0.1, 0.15) is 6.10 Å². The Morgan fingerprint density at radius 1 is 1.37 bits per heavy atom. The van der Waals surface area contributed by atoms with Crippen LogP contribution in [0.4, 0.5) is 0 Å². The first kappa shape index (κ1) is 14.8. The molecule has 2 aliphatic heterocycles. The number of piperidine rings is 1. The molecule has 0 aromatic rings. The first-order valence-electron chi connectivity index (χ1n) is 7.41. The van der Waals surface area contributed by atoms with Crippen molar-refractivity contribution in [2.24, 2.45) is 17.7 Å². The molecule has 0 aliphatic carbocycles. The van der Waals surface area contributed by atoms with Crippen molar-refractivity contribution in [2.45, 2.75) is 58.3 Å². The Kier molecular flexibility index (Phi) is 4.81. The topological polar surface area (TPSA) is 67.6 Å². The van der Waals surface area contributed by atoms with Crippen LogP contribution in [0.2, 0.25) is 0 Å². The summed E-state index contributed by atoms with van der Waals surface area (Å²) in [4.78, 5) is 14.0. The summed E-state index contributed by atoms with van der Waals surface area (Å²) in [7, 11) is 0. The van der Waals surface area contributed by atoms with Crippen LogP contribution in [0.5, 0.6) is 0 Å². The summed E-state index contributed by atoms with van der Waals surface area (Å²) < 4.78 is 5.80. The second kappa shape index (κ2) is 6.20. The minimum atomic E-state index is -0.357. The maximum atomic E-state index is 11.4. The Hall–Kier alpha value is -0.650. The Morgan fingerprint density at radius 3 is 2.79 bits per heavy atom. The van der Waals surface area contributed by atoms with Gasteiger partial charge >= 0.3 is 0 Å². The molecule has 0 saturated carbocycles. The van der Waals surface area contributed by atoms with Crippen molar-refractivity contribution in [2.75, 3.05) is 13.1 Å². The van der Waals surface area contributed by atoms with Crippen LogP contribution in [0.1, 0.15) is 40.0 Å². The second-order valence-corrected chi connectivity index (χ2v) is 6.35. The summed E-state index contributed by atoms with van der Waals surface area (Å²) in [5.74, 6) is 6.43. The van der Waals surface area contributed by atoms with Crippen molar-refractivity contribution < 1.29 is 9.53 Å². The van der Waals surface area contributed by atoms with E-state index in [1.54, 1.807) is 0 Å². The zero-order chi connectivity index (χ0) is 14.0. The fourth-order valence-corrected chi connectivity index (χ4v) is 3.46. The molecule has 5 atom stereocenters. The normalized spacial score (nSPS) is 40.3. The van der Waals surface area contributed by atoms with Gasteiger partial charge in [0.25, 0.3) is 5.91 Å². The molecule has 2 saturated heterocycles. The van der Waals surface area contributed by atoms with Crippen LogP contribution in [-0.4, -0.2) is 42.1 Å². The van der Waals surface area contributed by atoms with Crippen molar-refractivity contribution in [1.29, 1.82) is 0 Å². The Morgan fingerprint density at radius 2 is 2.11 bits per heavy atom. The van der Waals surface area contributed by atoms with Crippen molar-refractivity contribution >= 4 is 5.91 Å². The van der Waals surface area contributed by atoms with Crippen molar-refractivity contribution in [3.63, 3.8) is 0 Å². The molecule has 0 bridgehead atoms. The first-order valence-corrected chi connectivity index (χ1v) is 7.41. The first-order chi connectivity index (χ1) is 9.01. The van der Waals surface area contributed by atoms with Gasteiger partial charge in [-0.25, -0.2) is 5.84 Å². The van der Waals surface area contributed by atoms with Gasteiger partial charge in [-0.15, -0.1) is 0 Å². The molecular formula is C14H27N3O2. The van der Waals surface area contributed by atoms with Crippen LogP contribution in [-0.2, 0) is 9.53 Å². The number of nitrogens with two attached hydrogens (primary N) is 1. The fraction of sp³-hybridized carbons (Fsp3) is 0.929. The minimum absolute atomic E-state index is 0.169. The van der Waals surface area contributed by atoms with E-state index in [0.29, 0.717) is 6.04 Å². The van der Waals surface area contributed by atoms with Gasteiger partial charge in [0.15, 0.2) is 0 Å². The third-order valence-corrected chi connectivity index (χ3v) is 4.70. The highest BCUT2D eigenvalue weighted by Crippen LogP contribution is 2.29. The quantitative estimate of drug-likeness (QED) is 0.453. The zero-order valence-corrected chi connectivity index (χ0v) is 12.3. The number of hydrogen-bond acceptors (Lipinski definition) is 4.